The lowest BCUT2D eigenvalue weighted by atomic mass is 10.1. The Morgan fingerprint density at radius 2 is 1.81 bits per heavy atom. The molecule has 0 spiro atoms. The first-order chi connectivity index (χ1) is 12.5. The number of carbonyl (C=O) groups excluding carboxylic acids is 1. The van der Waals surface area contributed by atoms with Crippen LogP contribution in [0.25, 0.3) is 21.7 Å². The van der Waals surface area contributed by atoms with E-state index in [1.165, 1.54) is 12.3 Å². The van der Waals surface area contributed by atoms with Crippen LogP contribution in [0.5, 0.6) is 0 Å². The maximum absolute atomic E-state index is 12.7. The summed E-state index contributed by atoms with van der Waals surface area (Å²) in [6.45, 7) is 1.82. The number of anilines is 1. The predicted octanol–water partition coefficient (Wildman–Crippen LogP) is 5.16. The van der Waals surface area contributed by atoms with Crippen molar-refractivity contribution in [3.05, 3.63) is 87.2 Å². The minimum atomic E-state index is -0.520. The van der Waals surface area contributed by atoms with E-state index in [0.717, 1.165) is 16.3 Å². The van der Waals surface area contributed by atoms with E-state index < -0.39 is 11.3 Å². The molecule has 0 aliphatic rings. The third kappa shape index (κ3) is 2.74. The number of carbonyl (C=O) groups is 1. The predicted molar refractivity (Wildman–Crippen MR) is 104 cm³/mol. The summed E-state index contributed by atoms with van der Waals surface area (Å²) in [5, 5.41) is 5.43. The van der Waals surface area contributed by atoms with Gasteiger partial charge in [-0.25, -0.2) is 0 Å². The van der Waals surface area contributed by atoms with Gasteiger partial charge in [-0.3, -0.25) is 9.59 Å². The monoisotopic (exact) mass is 363 g/mol. The average Bonchev–Trinajstić information content (AvgIpc) is 2.64. The van der Waals surface area contributed by atoms with Gasteiger partial charge in [0.25, 0.3) is 5.91 Å². The first kappa shape index (κ1) is 16.4. The van der Waals surface area contributed by atoms with E-state index >= 15 is 0 Å². The molecule has 1 aromatic heterocycles. The molecule has 1 amide bonds. The van der Waals surface area contributed by atoms with Crippen LogP contribution >= 0.6 is 11.6 Å². The largest absolute Gasteiger partial charge is 0.463 e. The van der Waals surface area contributed by atoms with E-state index in [0.29, 0.717) is 16.3 Å². The van der Waals surface area contributed by atoms with Crippen molar-refractivity contribution in [2.24, 2.45) is 0 Å². The second kappa shape index (κ2) is 6.32. The van der Waals surface area contributed by atoms with Gasteiger partial charge in [-0.15, -0.1) is 0 Å². The highest BCUT2D eigenvalue weighted by molar-refractivity contribution is 6.32. The van der Waals surface area contributed by atoms with Gasteiger partial charge in [-0.05, 0) is 36.1 Å². The van der Waals surface area contributed by atoms with Crippen LogP contribution in [0.2, 0.25) is 5.02 Å². The van der Waals surface area contributed by atoms with Crippen LogP contribution in [0, 0.1) is 6.92 Å². The lowest BCUT2D eigenvalue weighted by molar-refractivity contribution is 0.102. The molecule has 0 aliphatic heterocycles. The van der Waals surface area contributed by atoms with Gasteiger partial charge in [0, 0.05) is 16.1 Å². The SMILES string of the molecule is Cc1cc2occ(C(=O)Nc3cccc4ccccc34)c(=O)c2cc1Cl. The Morgan fingerprint density at radius 3 is 2.65 bits per heavy atom. The van der Waals surface area contributed by atoms with E-state index in [4.69, 9.17) is 16.0 Å². The van der Waals surface area contributed by atoms with Gasteiger partial charge < -0.3 is 9.73 Å². The molecule has 128 valence electrons. The molecule has 0 saturated heterocycles. The van der Waals surface area contributed by atoms with E-state index in [1.807, 2.05) is 43.3 Å². The van der Waals surface area contributed by atoms with Crippen LogP contribution in [-0.2, 0) is 0 Å². The molecule has 3 aromatic carbocycles. The molecule has 0 saturated carbocycles. The zero-order valence-corrected chi connectivity index (χ0v) is 14.6. The van der Waals surface area contributed by atoms with E-state index in [-0.39, 0.29) is 10.9 Å². The number of hydrogen-bond acceptors (Lipinski definition) is 3. The Bertz CT molecular complexity index is 1220. The summed E-state index contributed by atoms with van der Waals surface area (Å²) in [5.41, 5.74) is 1.36. The second-order valence-corrected chi connectivity index (χ2v) is 6.46. The Hall–Kier alpha value is -3.11. The third-order valence-corrected chi connectivity index (χ3v) is 4.74. The second-order valence-electron chi connectivity index (χ2n) is 6.06. The molecule has 1 N–H and O–H groups in total. The van der Waals surface area contributed by atoms with Crippen LogP contribution in [0.4, 0.5) is 5.69 Å². The van der Waals surface area contributed by atoms with Crippen LogP contribution in [-0.4, -0.2) is 5.91 Å². The number of rotatable bonds is 2. The normalized spacial score (nSPS) is 11.0. The standard InChI is InChI=1S/C21H14ClNO3/c1-12-9-19-15(10-17(12)22)20(24)16(11-26-19)21(25)23-18-8-4-6-13-5-2-3-7-14(13)18/h2-11H,1H3,(H,23,25). The molecule has 1 heterocycles. The lowest BCUT2D eigenvalue weighted by Crippen LogP contribution is -2.21. The molecule has 0 aliphatic carbocycles. The molecule has 5 heteroatoms. The summed E-state index contributed by atoms with van der Waals surface area (Å²) in [5.74, 6) is -0.520. The topological polar surface area (TPSA) is 59.3 Å². The number of benzene rings is 3. The number of nitrogens with one attached hydrogen (secondary N) is 1. The maximum atomic E-state index is 12.7. The van der Waals surface area contributed by atoms with Crippen molar-refractivity contribution < 1.29 is 9.21 Å². The fraction of sp³-hybridized carbons (Fsp3) is 0.0476. The van der Waals surface area contributed by atoms with Crippen LogP contribution in [0.3, 0.4) is 0 Å². The lowest BCUT2D eigenvalue weighted by Gasteiger charge is -2.09. The highest BCUT2D eigenvalue weighted by Crippen LogP contribution is 2.24. The van der Waals surface area contributed by atoms with Gasteiger partial charge in [0.2, 0.25) is 5.43 Å². The molecular formula is C21H14ClNO3. The Balaban J connectivity index is 1.78. The third-order valence-electron chi connectivity index (χ3n) is 4.34. The maximum Gasteiger partial charge on any atom is 0.262 e. The molecule has 4 aromatic rings. The van der Waals surface area contributed by atoms with Crippen molar-refractivity contribution >= 4 is 44.9 Å². The Morgan fingerprint density at radius 1 is 1.04 bits per heavy atom. The zero-order valence-electron chi connectivity index (χ0n) is 13.9. The summed E-state index contributed by atoms with van der Waals surface area (Å²) >= 11 is 6.11. The molecular weight excluding hydrogens is 350 g/mol. The summed E-state index contributed by atoms with van der Waals surface area (Å²) in [7, 11) is 0. The summed E-state index contributed by atoms with van der Waals surface area (Å²) in [4.78, 5) is 25.4. The van der Waals surface area contributed by atoms with Crippen molar-refractivity contribution in [3.63, 3.8) is 0 Å². The summed E-state index contributed by atoms with van der Waals surface area (Å²) in [6, 6.07) is 16.5. The average molecular weight is 364 g/mol. The van der Waals surface area contributed by atoms with Crippen molar-refractivity contribution in [1.29, 1.82) is 0 Å². The van der Waals surface area contributed by atoms with Crippen molar-refractivity contribution in [1.82, 2.24) is 0 Å². The molecule has 0 atom stereocenters. The van der Waals surface area contributed by atoms with E-state index in [1.54, 1.807) is 12.1 Å². The van der Waals surface area contributed by atoms with Crippen LogP contribution in [0.15, 0.2) is 70.1 Å². The minimum Gasteiger partial charge on any atom is -0.463 e. The number of aryl methyl sites for hydroxylation is 1. The Labute approximate surface area is 154 Å². The fourth-order valence-electron chi connectivity index (χ4n) is 2.93. The molecule has 0 radical (unpaired) electrons. The smallest absolute Gasteiger partial charge is 0.262 e. The molecule has 26 heavy (non-hydrogen) atoms. The van der Waals surface area contributed by atoms with Crippen molar-refractivity contribution in [2.45, 2.75) is 6.92 Å². The fourth-order valence-corrected chi connectivity index (χ4v) is 3.10. The molecule has 4 nitrogen and oxygen atoms in total. The van der Waals surface area contributed by atoms with Crippen molar-refractivity contribution in [3.8, 4) is 0 Å². The molecule has 0 unspecified atom stereocenters. The zero-order chi connectivity index (χ0) is 18.3. The first-order valence-corrected chi connectivity index (χ1v) is 8.43. The van der Waals surface area contributed by atoms with E-state index in [9.17, 15) is 9.59 Å². The van der Waals surface area contributed by atoms with Gasteiger partial charge >= 0.3 is 0 Å². The Kier molecular flexibility index (Phi) is 3.98. The van der Waals surface area contributed by atoms with Gasteiger partial charge in [-0.1, -0.05) is 48.0 Å². The first-order valence-electron chi connectivity index (χ1n) is 8.05. The van der Waals surface area contributed by atoms with Crippen LogP contribution < -0.4 is 10.7 Å². The molecule has 4 rings (SSSR count). The highest BCUT2D eigenvalue weighted by Gasteiger charge is 2.16. The van der Waals surface area contributed by atoms with Gasteiger partial charge in [0.15, 0.2) is 0 Å². The summed E-state index contributed by atoms with van der Waals surface area (Å²) < 4.78 is 5.49. The van der Waals surface area contributed by atoms with Gasteiger partial charge in [-0.2, -0.15) is 0 Å². The van der Waals surface area contributed by atoms with Gasteiger partial charge in [0.1, 0.15) is 17.4 Å². The number of fused-ring (bicyclic) bond motifs is 2. The number of hydrogen-bond donors (Lipinski definition) is 1. The molecule has 0 fully saturated rings. The number of halogens is 1. The summed E-state index contributed by atoms with van der Waals surface area (Å²) in [6.07, 6.45) is 1.19. The number of amides is 1. The van der Waals surface area contributed by atoms with E-state index in [2.05, 4.69) is 5.32 Å². The minimum absolute atomic E-state index is 0.0645. The molecule has 0 bridgehead atoms. The quantitative estimate of drug-likeness (QED) is 0.535. The van der Waals surface area contributed by atoms with Crippen molar-refractivity contribution in [2.75, 3.05) is 5.32 Å². The van der Waals surface area contributed by atoms with Gasteiger partial charge in [0.05, 0.1) is 5.39 Å². The highest BCUT2D eigenvalue weighted by atomic mass is 35.5. The van der Waals surface area contributed by atoms with Crippen LogP contribution in [0.1, 0.15) is 15.9 Å².